The molecule has 0 spiro atoms. The Balaban J connectivity index is 1.47. The van der Waals surface area contributed by atoms with Crippen molar-refractivity contribution in [3.8, 4) is 0 Å². The molecule has 0 saturated carbocycles. The van der Waals surface area contributed by atoms with Crippen LogP contribution in [0.25, 0.3) is 0 Å². The molecule has 1 fully saturated rings. The van der Waals surface area contributed by atoms with Crippen molar-refractivity contribution in [3.05, 3.63) is 65.5 Å². The van der Waals surface area contributed by atoms with Crippen molar-refractivity contribution < 1.29 is 14.3 Å². The molecule has 0 aliphatic carbocycles. The number of hydrogen-bond donors (Lipinski definition) is 3. The number of aliphatic hydroxyl groups excluding tert-OH is 1. The second-order valence-electron chi connectivity index (χ2n) is 6.18. The number of para-hydroxylation sites is 1. The summed E-state index contributed by atoms with van der Waals surface area (Å²) in [7, 11) is 0. The molecule has 5 nitrogen and oxygen atoms in total. The first kappa shape index (κ1) is 17.2. The quantitative estimate of drug-likeness (QED) is 0.781. The predicted molar refractivity (Wildman–Crippen MR) is 94.8 cm³/mol. The molecule has 2 aromatic rings. The largest absolute Gasteiger partial charge is 0.392 e. The van der Waals surface area contributed by atoms with Gasteiger partial charge in [0.15, 0.2) is 0 Å². The van der Waals surface area contributed by atoms with Crippen molar-refractivity contribution >= 4 is 11.7 Å². The van der Waals surface area contributed by atoms with Crippen molar-refractivity contribution in [2.45, 2.75) is 25.6 Å². The van der Waals surface area contributed by atoms with Gasteiger partial charge in [0.2, 0.25) is 0 Å². The third-order valence-corrected chi connectivity index (χ3v) is 4.38. The fourth-order valence-electron chi connectivity index (χ4n) is 3.03. The van der Waals surface area contributed by atoms with E-state index in [-0.39, 0.29) is 30.8 Å². The van der Waals surface area contributed by atoms with Gasteiger partial charge in [-0.15, -0.1) is 0 Å². The molecule has 0 aromatic heterocycles. The molecule has 2 amide bonds. The highest BCUT2D eigenvalue weighted by Gasteiger charge is 2.23. The zero-order valence-electron chi connectivity index (χ0n) is 13.9. The van der Waals surface area contributed by atoms with Gasteiger partial charge in [0.25, 0.3) is 0 Å². The molecule has 6 heteroatoms. The van der Waals surface area contributed by atoms with Crippen LogP contribution in [-0.4, -0.2) is 30.3 Å². The molecule has 0 radical (unpaired) electrons. The first-order chi connectivity index (χ1) is 12.2. The van der Waals surface area contributed by atoms with Crippen LogP contribution in [-0.2, 0) is 13.2 Å². The number of anilines is 1. The zero-order valence-corrected chi connectivity index (χ0v) is 13.9. The molecule has 1 heterocycles. The summed E-state index contributed by atoms with van der Waals surface area (Å²) < 4.78 is 13.4. The van der Waals surface area contributed by atoms with Crippen LogP contribution in [0.2, 0.25) is 0 Å². The van der Waals surface area contributed by atoms with E-state index >= 15 is 0 Å². The lowest BCUT2D eigenvalue weighted by Gasteiger charge is -2.19. The van der Waals surface area contributed by atoms with Gasteiger partial charge in [-0.3, -0.25) is 0 Å². The van der Waals surface area contributed by atoms with E-state index in [0.29, 0.717) is 0 Å². The highest BCUT2D eigenvalue weighted by molar-refractivity contribution is 5.74. The molecule has 0 bridgehead atoms. The standard InChI is InChI=1S/C19H22FN3O2/c20-18-7-6-14(10-15(18)13-24)11-21-19(25)22-16-8-9-23(12-16)17-4-2-1-3-5-17/h1-7,10,16,24H,8-9,11-13H2,(H2,21,22,25). The van der Waals surface area contributed by atoms with Crippen LogP contribution in [0, 0.1) is 5.82 Å². The normalized spacial score (nSPS) is 16.7. The Labute approximate surface area is 146 Å². The summed E-state index contributed by atoms with van der Waals surface area (Å²) in [6, 6.07) is 14.4. The zero-order chi connectivity index (χ0) is 17.6. The second-order valence-corrected chi connectivity index (χ2v) is 6.18. The van der Waals surface area contributed by atoms with E-state index in [1.165, 1.54) is 6.07 Å². The van der Waals surface area contributed by atoms with Gasteiger partial charge < -0.3 is 20.6 Å². The van der Waals surface area contributed by atoms with Crippen molar-refractivity contribution in [3.63, 3.8) is 0 Å². The maximum Gasteiger partial charge on any atom is 0.315 e. The smallest absolute Gasteiger partial charge is 0.315 e. The number of carbonyl (C=O) groups is 1. The molecule has 1 aliphatic heterocycles. The first-order valence-electron chi connectivity index (χ1n) is 8.38. The molecule has 3 rings (SSSR count). The Morgan fingerprint density at radius 2 is 2.04 bits per heavy atom. The van der Waals surface area contributed by atoms with Gasteiger partial charge in [0.05, 0.1) is 6.61 Å². The van der Waals surface area contributed by atoms with Crippen LogP contribution in [0.1, 0.15) is 17.5 Å². The number of benzene rings is 2. The van der Waals surface area contributed by atoms with Crippen LogP contribution >= 0.6 is 0 Å². The number of nitrogens with one attached hydrogen (secondary N) is 2. The lowest BCUT2D eigenvalue weighted by Crippen LogP contribution is -2.43. The van der Waals surface area contributed by atoms with Gasteiger partial charge in [-0.05, 0) is 36.2 Å². The molecule has 1 unspecified atom stereocenters. The summed E-state index contributed by atoms with van der Waals surface area (Å²) in [6.45, 7) is 1.62. The average Bonchev–Trinajstić information content (AvgIpc) is 3.10. The van der Waals surface area contributed by atoms with Gasteiger partial charge in [-0.1, -0.05) is 24.3 Å². The van der Waals surface area contributed by atoms with Crippen LogP contribution in [0.15, 0.2) is 48.5 Å². The van der Waals surface area contributed by atoms with Gasteiger partial charge in [-0.25, -0.2) is 9.18 Å². The van der Waals surface area contributed by atoms with Gasteiger partial charge in [0, 0.05) is 36.9 Å². The Hall–Kier alpha value is -2.60. The van der Waals surface area contributed by atoms with Gasteiger partial charge >= 0.3 is 6.03 Å². The van der Waals surface area contributed by atoms with Crippen molar-refractivity contribution in [1.29, 1.82) is 0 Å². The number of halogens is 1. The van der Waals surface area contributed by atoms with E-state index in [4.69, 9.17) is 5.11 Å². The summed E-state index contributed by atoms with van der Waals surface area (Å²) in [4.78, 5) is 14.3. The third-order valence-electron chi connectivity index (χ3n) is 4.38. The second kappa shape index (κ2) is 7.98. The Bertz CT molecular complexity index is 724. The molecular weight excluding hydrogens is 321 g/mol. The van der Waals surface area contributed by atoms with Gasteiger partial charge in [-0.2, -0.15) is 0 Å². The Morgan fingerprint density at radius 3 is 2.80 bits per heavy atom. The molecule has 3 N–H and O–H groups in total. The van der Waals surface area contributed by atoms with Crippen LogP contribution < -0.4 is 15.5 Å². The third kappa shape index (κ3) is 4.48. The summed E-state index contributed by atoms with van der Waals surface area (Å²) in [5.74, 6) is -0.442. The number of aliphatic hydroxyl groups is 1. The lowest BCUT2D eigenvalue weighted by atomic mass is 10.1. The Morgan fingerprint density at radius 1 is 1.24 bits per heavy atom. The van der Waals surface area contributed by atoms with E-state index in [2.05, 4.69) is 27.7 Å². The van der Waals surface area contributed by atoms with E-state index in [1.54, 1.807) is 12.1 Å². The minimum absolute atomic E-state index is 0.0985. The van der Waals surface area contributed by atoms with E-state index in [0.717, 1.165) is 30.8 Å². The van der Waals surface area contributed by atoms with E-state index in [1.807, 2.05) is 18.2 Å². The summed E-state index contributed by atoms with van der Waals surface area (Å²) in [6.07, 6.45) is 0.896. The first-order valence-corrected chi connectivity index (χ1v) is 8.38. The van der Waals surface area contributed by atoms with E-state index in [9.17, 15) is 9.18 Å². The maximum atomic E-state index is 13.4. The monoisotopic (exact) mass is 343 g/mol. The molecule has 25 heavy (non-hydrogen) atoms. The minimum Gasteiger partial charge on any atom is -0.392 e. The SMILES string of the molecule is O=C(NCc1ccc(F)c(CO)c1)NC1CCN(c2ccccc2)C1. The molecule has 1 aliphatic rings. The van der Waals surface area contributed by atoms with Crippen LogP contribution in [0.3, 0.4) is 0 Å². The molecule has 1 atom stereocenters. The van der Waals surface area contributed by atoms with Crippen molar-refractivity contribution in [1.82, 2.24) is 10.6 Å². The number of rotatable bonds is 5. The summed E-state index contributed by atoms with van der Waals surface area (Å²) in [5.41, 5.74) is 2.14. The number of nitrogens with zero attached hydrogens (tertiary/aromatic N) is 1. The summed E-state index contributed by atoms with van der Waals surface area (Å²) in [5, 5.41) is 14.8. The topological polar surface area (TPSA) is 64.6 Å². The maximum absolute atomic E-state index is 13.4. The molecule has 132 valence electrons. The van der Waals surface area contributed by atoms with Gasteiger partial charge in [0.1, 0.15) is 5.82 Å². The number of carbonyl (C=O) groups excluding carboxylic acids is 1. The lowest BCUT2D eigenvalue weighted by molar-refractivity contribution is 0.237. The molecular formula is C19H22FN3O2. The van der Waals surface area contributed by atoms with Crippen molar-refractivity contribution in [2.75, 3.05) is 18.0 Å². The van der Waals surface area contributed by atoms with Crippen LogP contribution in [0.4, 0.5) is 14.9 Å². The van der Waals surface area contributed by atoms with Crippen molar-refractivity contribution in [2.24, 2.45) is 0 Å². The highest BCUT2D eigenvalue weighted by Crippen LogP contribution is 2.19. The fraction of sp³-hybridized carbons (Fsp3) is 0.316. The number of amides is 2. The molecule has 2 aromatic carbocycles. The van der Waals surface area contributed by atoms with Crippen LogP contribution in [0.5, 0.6) is 0 Å². The number of hydrogen-bond acceptors (Lipinski definition) is 3. The highest BCUT2D eigenvalue weighted by atomic mass is 19.1. The molecule has 1 saturated heterocycles. The van der Waals surface area contributed by atoms with E-state index < -0.39 is 5.82 Å². The minimum atomic E-state index is -0.442. The predicted octanol–water partition coefficient (Wildman–Crippen LogP) is 2.40. The average molecular weight is 343 g/mol. The Kier molecular flexibility index (Phi) is 5.50. The summed E-state index contributed by atoms with van der Waals surface area (Å²) >= 11 is 0. The fourth-order valence-corrected chi connectivity index (χ4v) is 3.03. The number of urea groups is 1.